The molecule has 1 aliphatic carbocycles. The van der Waals surface area contributed by atoms with E-state index >= 15 is 0 Å². The third-order valence-electron chi connectivity index (χ3n) is 8.93. The van der Waals surface area contributed by atoms with Crippen LogP contribution in [0, 0.1) is 5.41 Å². The molecule has 0 saturated carbocycles. The Kier molecular flexibility index (Phi) is 8.95. The maximum Gasteiger partial charge on any atom is 0.0358 e. The summed E-state index contributed by atoms with van der Waals surface area (Å²) >= 11 is 1.90. The van der Waals surface area contributed by atoms with E-state index in [1.807, 2.05) is 47.7 Å². The fraction of sp³-hybridized carbons (Fsp3) is 0.0444. The van der Waals surface area contributed by atoms with Crippen LogP contribution >= 0.6 is 11.3 Å². The van der Waals surface area contributed by atoms with E-state index in [4.69, 9.17) is 11.1 Å². The van der Waals surface area contributed by atoms with Gasteiger partial charge in [0.15, 0.2) is 0 Å². The van der Waals surface area contributed by atoms with Crippen molar-refractivity contribution in [3.63, 3.8) is 0 Å². The first-order valence-corrected chi connectivity index (χ1v) is 17.0. The summed E-state index contributed by atoms with van der Waals surface area (Å²) in [6.07, 6.45) is 1.98. The zero-order valence-electron chi connectivity index (χ0n) is 26.7. The van der Waals surface area contributed by atoms with Crippen molar-refractivity contribution in [3.8, 4) is 33.4 Å². The van der Waals surface area contributed by atoms with Crippen LogP contribution in [0.4, 0.5) is 5.69 Å². The summed E-state index contributed by atoms with van der Waals surface area (Å²) in [5.41, 5.74) is 20.0. The Balaban J connectivity index is 0.000000204. The molecule has 0 bridgehead atoms. The number of nitrogens with two attached hydrogens (primary N) is 1. The Labute approximate surface area is 286 Å². The standard InChI is InChI=1S/C32H22S.C12H11N.CH3N/c1-2-8-22(9-3-1)26-13-6-10-24-20-25-19-21(16-17-27(25)31(24)26)18-23-11-7-15-30-32(23)28-12-4-5-14-29(28)33-30;13-12-8-4-7-11(9-12)10-5-2-1-3-6-10;1-2/h1-17,19H,18,20H2;1-9H,13H2;2H,1H2. The number of benzene rings is 7. The summed E-state index contributed by atoms with van der Waals surface area (Å²) in [7, 11) is 0. The van der Waals surface area contributed by atoms with Crippen LogP contribution in [0.5, 0.6) is 0 Å². The van der Waals surface area contributed by atoms with Crippen molar-refractivity contribution >= 4 is 43.9 Å². The number of hydrogen-bond acceptors (Lipinski definition) is 3. The van der Waals surface area contributed by atoms with Gasteiger partial charge in [0.2, 0.25) is 0 Å². The zero-order chi connectivity index (χ0) is 32.9. The molecule has 3 N–H and O–H groups in total. The van der Waals surface area contributed by atoms with Crippen molar-refractivity contribution in [2.24, 2.45) is 0 Å². The molecule has 2 nitrogen and oxygen atoms in total. The number of hydrogen-bond donors (Lipinski definition) is 2. The fourth-order valence-corrected chi connectivity index (χ4v) is 7.99. The average molecular weight is 637 g/mol. The molecule has 1 aromatic heterocycles. The van der Waals surface area contributed by atoms with Gasteiger partial charge >= 0.3 is 0 Å². The summed E-state index contributed by atoms with van der Waals surface area (Å²) in [4.78, 5) is 0. The Hall–Kier alpha value is -5.77. The van der Waals surface area contributed by atoms with Gasteiger partial charge in [0.1, 0.15) is 0 Å². The van der Waals surface area contributed by atoms with Gasteiger partial charge in [0.05, 0.1) is 0 Å². The third kappa shape index (κ3) is 6.16. The first-order chi connectivity index (χ1) is 23.7. The molecular weight excluding hydrogens is 601 g/mol. The quantitative estimate of drug-likeness (QED) is 0.147. The van der Waals surface area contributed by atoms with E-state index in [1.54, 1.807) is 0 Å². The van der Waals surface area contributed by atoms with Gasteiger partial charge in [0, 0.05) is 25.9 Å². The van der Waals surface area contributed by atoms with E-state index in [1.165, 1.54) is 75.8 Å². The normalized spacial score (nSPS) is 11.2. The van der Waals surface area contributed by atoms with Crippen LogP contribution in [0.1, 0.15) is 22.3 Å². The van der Waals surface area contributed by atoms with Gasteiger partial charge in [-0.25, -0.2) is 0 Å². The molecule has 8 aromatic rings. The summed E-state index contributed by atoms with van der Waals surface area (Å²) in [6, 6.07) is 58.4. The summed E-state index contributed by atoms with van der Waals surface area (Å²) < 4.78 is 2.76. The summed E-state index contributed by atoms with van der Waals surface area (Å²) in [5, 5.41) is 8.31. The second-order valence-corrected chi connectivity index (χ2v) is 13.0. The number of thiophene rings is 1. The molecule has 0 saturated heterocycles. The summed E-state index contributed by atoms with van der Waals surface area (Å²) in [6.45, 7) is 2.50. The molecule has 48 heavy (non-hydrogen) atoms. The van der Waals surface area contributed by atoms with Crippen LogP contribution in [0.25, 0.3) is 53.6 Å². The molecule has 1 heterocycles. The highest BCUT2D eigenvalue weighted by atomic mass is 32.1. The molecule has 0 aliphatic heterocycles. The van der Waals surface area contributed by atoms with E-state index in [9.17, 15) is 0 Å². The highest BCUT2D eigenvalue weighted by Crippen LogP contribution is 2.44. The van der Waals surface area contributed by atoms with Crippen LogP contribution < -0.4 is 5.73 Å². The van der Waals surface area contributed by atoms with Crippen molar-refractivity contribution in [1.29, 1.82) is 5.41 Å². The number of anilines is 1. The van der Waals surface area contributed by atoms with Gasteiger partial charge in [-0.1, -0.05) is 140 Å². The number of rotatable bonds is 4. The summed E-state index contributed by atoms with van der Waals surface area (Å²) in [5.74, 6) is 0. The Morgan fingerprint density at radius 3 is 2.00 bits per heavy atom. The van der Waals surface area contributed by atoms with Crippen LogP contribution in [-0.2, 0) is 12.8 Å². The van der Waals surface area contributed by atoms with E-state index in [0.29, 0.717) is 0 Å². The van der Waals surface area contributed by atoms with E-state index in [0.717, 1.165) is 18.5 Å². The Morgan fingerprint density at radius 1 is 0.542 bits per heavy atom. The van der Waals surface area contributed by atoms with E-state index in [-0.39, 0.29) is 0 Å². The topological polar surface area (TPSA) is 49.9 Å². The van der Waals surface area contributed by atoms with Crippen LogP contribution in [0.3, 0.4) is 0 Å². The lowest BCUT2D eigenvalue weighted by Crippen LogP contribution is -1.91. The molecule has 0 unspecified atom stereocenters. The molecule has 232 valence electrons. The molecule has 9 rings (SSSR count). The second-order valence-electron chi connectivity index (χ2n) is 11.9. The average Bonchev–Trinajstić information content (AvgIpc) is 3.72. The number of fused-ring (bicyclic) bond motifs is 6. The lowest BCUT2D eigenvalue weighted by Gasteiger charge is -2.11. The first-order valence-electron chi connectivity index (χ1n) is 16.2. The van der Waals surface area contributed by atoms with E-state index < -0.39 is 0 Å². The second kappa shape index (κ2) is 13.9. The molecule has 0 amide bonds. The first kappa shape index (κ1) is 30.9. The Morgan fingerprint density at radius 2 is 1.21 bits per heavy atom. The third-order valence-corrected chi connectivity index (χ3v) is 10.1. The maximum absolute atomic E-state index is 5.70. The molecular formula is C45H36N2S. The molecule has 7 aromatic carbocycles. The number of nitrogen functional groups attached to an aromatic ring is 1. The van der Waals surface area contributed by atoms with Gasteiger partial charge in [-0.3, -0.25) is 0 Å². The van der Waals surface area contributed by atoms with Crippen molar-refractivity contribution in [2.45, 2.75) is 12.8 Å². The van der Waals surface area contributed by atoms with Crippen LogP contribution in [0.2, 0.25) is 0 Å². The Bertz CT molecular complexity index is 2340. The van der Waals surface area contributed by atoms with E-state index in [2.05, 4.69) is 134 Å². The molecule has 0 atom stereocenters. The van der Waals surface area contributed by atoms with Crippen molar-refractivity contribution in [3.05, 3.63) is 186 Å². The predicted molar refractivity (Wildman–Crippen MR) is 208 cm³/mol. The highest BCUT2D eigenvalue weighted by Gasteiger charge is 2.22. The minimum absolute atomic E-state index is 0.807. The van der Waals surface area contributed by atoms with Gasteiger partial charge < -0.3 is 11.1 Å². The monoisotopic (exact) mass is 636 g/mol. The van der Waals surface area contributed by atoms with Crippen LogP contribution in [0.15, 0.2) is 164 Å². The molecule has 0 fully saturated rings. The van der Waals surface area contributed by atoms with Crippen molar-refractivity contribution in [2.75, 3.05) is 5.73 Å². The lowest BCUT2D eigenvalue weighted by molar-refractivity contribution is 1.18. The van der Waals surface area contributed by atoms with Crippen LogP contribution in [-0.4, -0.2) is 6.72 Å². The fourth-order valence-electron chi connectivity index (χ4n) is 6.84. The number of nitrogens with one attached hydrogen (secondary N) is 1. The van der Waals surface area contributed by atoms with Gasteiger partial charge in [-0.2, -0.15) is 0 Å². The molecule has 3 heteroatoms. The van der Waals surface area contributed by atoms with Gasteiger partial charge in [-0.15, -0.1) is 11.3 Å². The SMILES string of the molecule is C=N.Nc1cccc(-c2ccccc2)c1.c1ccc(-c2cccc3c2-c2ccc(Cc4cccc5sc6ccccc6c45)cc2C3)cc1. The van der Waals surface area contributed by atoms with Gasteiger partial charge in [-0.05, 0) is 99.5 Å². The molecule has 1 aliphatic rings. The minimum atomic E-state index is 0.807. The van der Waals surface area contributed by atoms with Gasteiger partial charge in [0.25, 0.3) is 0 Å². The maximum atomic E-state index is 5.70. The lowest BCUT2D eigenvalue weighted by atomic mass is 9.93. The minimum Gasteiger partial charge on any atom is -0.399 e. The molecule has 0 spiro atoms. The predicted octanol–water partition coefficient (Wildman–Crippen LogP) is 12.1. The highest BCUT2D eigenvalue weighted by molar-refractivity contribution is 7.25. The molecule has 0 radical (unpaired) electrons. The largest absolute Gasteiger partial charge is 0.399 e. The van der Waals surface area contributed by atoms with Crippen molar-refractivity contribution in [1.82, 2.24) is 0 Å². The zero-order valence-corrected chi connectivity index (χ0v) is 27.5. The smallest absolute Gasteiger partial charge is 0.0358 e. The van der Waals surface area contributed by atoms with Crippen molar-refractivity contribution < 1.29 is 0 Å².